The monoisotopic (exact) mass is 337 g/mol. The lowest BCUT2D eigenvalue weighted by molar-refractivity contribution is 0.0677. The van der Waals surface area contributed by atoms with Crippen molar-refractivity contribution in [3.63, 3.8) is 0 Å². The Kier molecular flexibility index (Phi) is 5.12. The van der Waals surface area contributed by atoms with Crippen molar-refractivity contribution in [2.45, 2.75) is 26.7 Å². The van der Waals surface area contributed by atoms with Gasteiger partial charge in [0.1, 0.15) is 5.69 Å². The SMILES string of the molecule is CC(=O)c1ccc(Nc2ccnc(C(=O)N3CCCC(C)C3)c2)cc1. The van der Waals surface area contributed by atoms with E-state index in [0.717, 1.165) is 30.9 Å². The zero-order chi connectivity index (χ0) is 17.8. The summed E-state index contributed by atoms with van der Waals surface area (Å²) in [5, 5.41) is 3.25. The van der Waals surface area contributed by atoms with E-state index >= 15 is 0 Å². The van der Waals surface area contributed by atoms with Gasteiger partial charge in [0.25, 0.3) is 5.91 Å². The fourth-order valence-corrected chi connectivity index (χ4v) is 3.12. The number of anilines is 2. The normalized spacial score (nSPS) is 17.2. The molecule has 1 saturated heterocycles. The summed E-state index contributed by atoms with van der Waals surface area (Å²) in [7, 11) is 0. The van der Waals surface area contributed by atoms with E-state index in [0.29, 0.717) is 17.2 Å². The lowest BCUT2D eigenvalue weighted by atomic mass is 10.00. The number of ketones is 1. The Bertz CT molecular complexity index is 771. The third-order valence-electron chi connectivity index (χ3n) is 4.50. The summed E-state index contributed by atoms with van der Waals surface area (Å²) in [5.74, 6) is 0.569. The van der Waals surface area contributed by atoms with Crippen molar-refractivity contribution in [1.29, 1.82) is 0 Å². The highest BCUT2D eigenvalue weighted by molar-refractivity contribution is 5.95. The zero-order valence-electron chi connectivity index (χ0n) is 14.7. The van der Waals surface area contributed by atoms with Gasteiger partial charge < -0.3 is 10.2 Å². The number of hydrogen-bond acceptors (Lipinski definition) is 4. The van der Waals surface area contributed by atoms with E-state index in [1.807, 2.05) is 23.1 Å². The first kappa shape index (κ1) is 17.1. The molecule has 1 fully saturated rings. The number of carbonyl (C=O) groups excluding carboxylic acids is 2. The maximum absolute atomic E-state index is 12.7. The lowest BCUT2D eigenvalue weighted by Crippen LogP contribution is -2.39. The van der Waals surface area contributed by atoms with E-state index in [2.05, 4.69) is 17.2 Å². The number of piperidine rings is 1. The molecule has 1 aliphatic heterocycles. The average Bonchev–Trinajstić information content (AvgIpc) is 2.62. The van der Waals surface area contributed by atoms with Crippen molar-refractivity contribution in [1.82, 2.24) is 9.88 Å². The fraction of sp³-hybridized carbons (Fsp3) is 0.350. The van der Waals surface area contributed by atoms with Gasteiger partial charge in [-0.05, 0) is 62.1 Å². The van der Waals surface area contributed by atoms with E-state index in [1.165, 1.54) is 6.42 Å². The van der Waals surface area contributed by atoms with Gasteiger partial charge in [-0.1, -0.05) is 6.92 Å². The van der Waals surface area contributed by atoms with Crippen LogP contribution in [0.1, 0.15) is 47.5 Å². The molecule has 25 heavy (non-hydrogen) atoms. The second-order valence-corrected chi connectivity index (χ2v) is 6.69. The molecular formula is C20H23N3O2. The molecule has 0 bridgehead atoms. The molecule has 5 nitrogen and oxygen atoms in total. The minimum absolute atomic E-state index is 0.0119. The number of benzene rings is 1. The first-order chi connectivity index (χ1) is 12.0. The van der Waals surface area contributed by atoms with E-state index in [4.69, 9.17) is 0 Å². The van der Waals surface area contributed by atoms with Crippen LogP contribution < -0.4 is 5.32 Å². The molecule has 0 radical (unpaired) electrons. The number of aromatic nitrogens is 1. The first-order valence-electron chi connectivity index (χ1n) is 8.66. The number of Topliss-reactive ketones (excluding diaryl/α,β-unsaturated/α-hetero) is 1. The van der Waals surface area contributed by atoms with Crippen LogP contribution in [0.25, 0.3) is 0 Å². The maximum atomic E-state index is 12.7. The van der Waals surface area contributed by atoms with Gasteiger partial charge in [0.2, 0.25) is 0 Å². The summed E-state index contributed by atoms with van der Waals surface area (Å²) in [6.07, 6.45) is 3.87. The highest BCUT2D eigenvalue weighted by atomic mass is 16.2. The van der Waals surface area contributed by atoms with E-state index in [1.54, 1.807) is 31.3 Å². The van der Waals surface area contributed by atoms with Crippen molar-refractivity contribution in [2.75, 3.05) is 18.4 Å². The predicted octanol–water partition coefficient (Wildman–Crippen LogP) is 3.90. The van der Waals surface area contributed by atoms with Crippen LogP contribution in [0.2, 0.25) is 0 Å². The Balaban J connectivity index is 1.72. The van der Waals surface area contributed by atoms with Crippen LogP contribution in [-0.2, 0) is 0 Å². The number of likely N-dealkylation sites (tertiary alicyclic amines) is 1. The van der Waals surface area contributed by atoms with Crippen LogP contribution in [0.5, 0.6) is 0 Å². The summed E-state index contributed by atoms with van der Waals surface area (Å²) >= 11 is 0. The molecule has 3 rings (SSSR count). The van der Waals surface area contributed by atoms with E-state index < -0.39 is 0 Å². The Morgan fingerprint density at radius 3 is 2.60 bits per heavy atom. The number of hydrogen-bond donors (Lipinski definition) is 1. The molecule has 2 heterocycles. The highest BCUT2D eigenvalue weighted by Crippen LogP contribution is 2.20. The zero-order valence-corrected chi connectivity index (χ0v) is 14.7. The van der Waals surface area contributed by atoms with E-state index in [-0.39, 0.29) is 11.7 Å². The second-order valence-electron chi connectivity index (χ2n) is 6.69. The average molecular weight is 337 g/mol. The first-order valence-corrected chi connectivity index (χ1v) is 8.66. The third-order valence-corrected chi connectivity index (χ3v) is 4.50. The second kappa shape index (κ2) is 7.47. The Morgan fingerprint density at radius 1 is 1.16 bits per heavy atom. The minimum atomic E-state index is -0.0119. The summed E-state index contributed by atoms with van der Waals surface area (Å²) < 4.78 is 0. The Hall–Kier alpha value is -2.69. The van der Waals surface area contributed by atoms with Crippen LogP contribution in [0, 0.1) is 5.92 Å². The molecule has 0 aliphatic carbocycles. The number of nitrogens with one attached hydrogen (secondary N) is 1. The van der Waals surface area contributed by atoms with Gasteiger partial charge in [-0.3, -0.25) is 14.6 Å². The van der Waals surface area contributed by atoms with Crippen molar-refractivity contribution >= 4 is 23.1 Å². The number of rotatable bonds is 4. The van der Waals surface area contributed by atoms with Gasteiger partial charge in [0.05, 0.1) is 0 Å². The summed E-state index contributed by atoms with van der Waals surface area (Å²) in [6.45, 7) is 5.32. The topological polar surface area (TPSA) is 62.3 Å². The molecule has 0 saturated carbocycles. The van der Waals surface area contributed by atoms with Crippen molar-refractivity contribution in [3.8, 4) is 0 Å². The van der Waals surface area contributed by atoms with Gasteiger partial charge in [0, 0.05) is 36.2 Å². The largest absolute Gasteiger partial charge is 0.355 e. The molecule has 0 spiro atoms. The molecule has 1 N–H and O–H groups in total. The number of nitrogens with zero attached hydrogens (tertiary/aromatic N) is 2. The Labute approximate surface area is 148 Å². The van der Waals surface area contributed by atoms with Crippen LogP contribution in [0.4, 0.5) is 11.4 Å². The highest BCUT2D eigenvalue weighted by Gasteiger charge is 2.22. The van der Waals surface area contributed by atoms with Gasteiger partial charge in [-0.15, -0.1) is 0 Å². The molecule has 1 aromatic carbocycles. The maximum Gasteiger partial charge on any atom is 0.272 e. The van der Waals surface area contributed by atoms with Crippen molar-refractivity contribution < 1.29 is 9.59 Å². The molecule has 2 aromatic rings. The van der Waals surface area contributed by atoms with Crippen LogP contribution in [0.15, 0.2) is 42.6 Å². The lowest BCUT2D eigenvalue weighted by Gasteiger charge is -2.30. The van der Waals surface area contributed by atoms with Crippen LogP contribution >= 0.6 is 0 Å². The molecule has 1 amide bonds. The quantitative estimate of drug-likeness (QED) is 0.860. The van der Waals surface area contributed by atoms with E-state index in [9.17, 15) is 9.59 Å². The summed E-state index contributed by atoms with van der Waals surface area (Å²) in [4.78, 5) is 30.1. The Morgan fingerprint density at radius 2 is 1.92 bits per heavy atom. The molecule has 130 valence electrons. The summed E-state index contributed by atoms with van der Waals surface area (Å²) in [6, 6.07) is 10.9. The summed E-state index contributed by atoms with van der Waals surface area (Å²) in [5.41, 5.74) is 2.80. The van der Waals surface area contributed by atoms with Gasteiger partial charge in [0.15, 0.2) is 5.78 Å². The minimum Gasteiger partial charge on any atom is -0.355 e. The van der Waals surface area contributed by atoms with Gasteiger partial charge in [-0.2, -0.15) is 0 Å². The standard InChI is InChI=1S/C20H23N3O2/c1-14-4-3-11-23(13-14)20(25)19-12-18(9-10-21-19)22-17-7-5-16(6-8-17)15(2)24/h5-10,12,14H,3-4,11,13H2,1-2H3,(H,21,22). The smallest absolute Gasteiger partial charge is 0.272 e. The number of pyridine rings is 1. The van der Waals surface area contributed by atoms with Crippen molar-refractivity contribution in [3.05, 3.63) is 53.9 Å². The number of amides is 1. The van der Waals surface area contributed by atoms with Crippen LogP contribution in [0.3, 0.4) is 0 Å². The van der Waals surface area contributed by atoms with Crippen molar-refractivity contribution in [2.24, 2.45) is 5.92 Å². The van der Waals surface area contributed by atoms with Gasteiger partial charge >= 0.3 is 0 Å². The molecular weight excluding hydrogens is 314 g/mol. The molecule has 5 heteroatoms. The van der Waals surface area contributed by atoms with Gasteiger partial charge in [-0.25, -0.2) is 0 Å². The number of carbonyl (C=O) groups is 2. The fourth-order valence-electron chi connectivity index (χ4n) is 3.12. The predicted molar refractivity (Wildman–Crippen MR) is 98.3 cm³/mol. The molecule has 1 aromatic heterocycles. The molecule has 1 aliphatic rings. The molecule has 1 unspecified atom stereocenters. The molecule has 1 atom stereocenters. The third kappa shape index (κ3) is 4.24. The van der Waals surface area contributed by atoms with Crippen LogP contribution in [-0.4, -0.2) is 34.7 Å².